The van der Waals surface area contributed by atoms with E-state index in [9.17, 15) is 0 Å². The summed E-state index contributed by atoms with van der Waals surface area (Å²) >= 11 is 1.68. The lowest BCUT2D eigenvalue weighted by Gasteiger charge is -2.13. The van der Waals surface area contributed by atoms with Crippen molar-refractivity contribution >= 4 is 45.4 Å². The van der Waals surface area contributed by atoms with Crippen LogP contribution in [0.2, 0.25) is 0 Å². The lowest BCUT2D eigenvalue weighted by Crippen LogP contribution is -2.36. The molecule has 2 aromatic carbocycles. The Hall–Kier alpha value is -2.92. The predicted molar refractivity (Wildman–Crippen MR) is 115 cm³/mol. The van der Waals surface area contributed by atoms with Crippen LogP contribution in [-0.4, -0.2) is 14.2 Å². The third-order valence-corrected chi connectivity index (χ3v) is 6.32. The van der Waals surface area contributed by atoms with Gasteiger partial charge in [-0.25, -0.2) is 0 Å². The number of para-hydroxylation sites is 1. The molecule has 0 bridgehead atoms. The second-order valence-electron chi connectivity index (χ2n) is 6.81. The number of thioether (sulfide) groups is 1. The number of hydrogen-bond acceptors (Lipinski definition) is 4. The zero-order chi connectivity index (χ0) is 19.3. The van der Waals surface area contributed by atoms with Crippen LogP contribution in [0, 0.1) is 0 Å². The van der Waals surface area contributed by atoms with Crippen molar-refractivity contribution in [1.29, 1.82) is 0 Å². The number of nitrogens with zero attached hydrogens (tertiary/aromatic N) is 2. The molecule has 2 aromatic heterocycles. The molecule has 4 aromatic rings. The van der Waals surface area contributed by atoms with Crippen molar-refractivity contribution in [2.24, 2.45) is 0 Å². The Labute approximate surface area is 168 Å². The average Bonchev–Trinajstić information content (AvgIpc) is 3.23. The van der Waals surface area contributed by atoms with Gasteiger partial charge in [0.15, 0.2) is 5.09 Å². The van der Waals surface area contributed by atoms with Gasteiger partial charge in [-0.05, 0) is 49.0 Å². The molecule has 0 N–H and O–H groups in total. The van der Waals surface area contributed by atoms with E-state index in [1.807, 2.05) is 18.2 Å². The number of aryl methyl sites for hydroxylation is 1. The molecule has 0 saturated carbocycles. The average molecular weight is 390 g/mol. The van der Waals surface area contributed by atoms with Crippen molar-refractivity contribution in [1.82, 2.24) is 0 Å². The van der Waals surface area contributed by atoms with E-state index in [0.717, 1.165) is 39.1 Å². The highest BCUT2D eigenvalue weighted by atomic mass is 32.2. The molecule has 0 atom stereocenters. The summed E-state index contributed by atoms with van der Waals surface area (Å²) in [4.78, 5) is 2.23. The molecule has 0 radical (unpaired) electrons. The third kappa shape index (κ3) is 2.58. The molecule has 5 heteroatoms. The van der Waals surface area contributed by atoms with E-state index in [-0.39, 0.29) is 0 Å². The van der Waals surface area contributed by atoms with Gasteiger partial charge in [-0.2, -0.15) is 4.57 Å². The van der Waals surface area contributed by atoms with Crippen LogP contribution in [0.25, 0.3) is 27.9 Å². The molecule has 3 heterocycles. The van der Waals surface area contributed by atoms with Crippen LogP contribution in [-0.2, 0) is 6.54 Å². The van der Waals surface area contributed by atoms with E-state index < -0.39 is 0 Å². The molecule has 4 nitrogen and oxygen atoms in total. The molecule has 28 heavy (non-hydrogen) atoms. The van der Waals surface area contributed by atoms with Gasteiger partial charge >= 0.3 is 0 Å². The minimum absolute atomic E-state index is 0.878. The minimum atomic E-state index is 0.878. The summed E-state index contributed by atoms with van der Waals surface area (Å²) in [6.07, 6.45) is 2.24. The standard InChI is InChI=1S/C23H21N2O2S/c1-4-25-16(10-9-15-13-17(26-3)11-12-19(15)25)14-21-24(2)22-18-7-5-6-8-20(18)27-23(22)28-21/h5-14H,4H2,1-3H3/q+1. The molecular formula is C23H21N2O2S+. The summed E-state index contributed by atoms with van der Waals surface area (Å²) in [5.74, 6) is 0.878. The Morgan fingerprint density at radius 3 is 2.82 bits per heavy atom. The fourth-order valence-corrected chi connectivity index (χ4v) is 4.92. The lowest BCUT2D eigenvalue weighted by atomic mass is 10.1. The maximum absolute atomic E-state index is 6.06. The largest absolute Gasteiger partial charge is 0.497 e. The van der Waals surface area contributed by atoms with Gasteiger partial charge in [0.1, 0.15) is 23.6 Å². The second kappa shape index (κ2) is 6.60. The molecule has 0 unspecified atom stereocenters. The zero-order valence-corrected chi connectivity index (χ0v) is 16.9. The van der Waals surface area contributed by atoms with Crippen LogP contribution >= 0.6 is 11.8 Å². The van der Waals surface area contributed by atoms with Crippen LogP contribution in [0.3, 0.4) is 0 Å². The van der Waals surface area contributed by atoms with E-state index >= 15 is 0 Å². The number of furan rings is 1. The first-order chi connectivity index (χ1) is 13.7. The molecule has 5 rings (SSSR count). The van der Waals surface area contributed by atoms with Gasteiger partial charge in [0.25, 0.3) is 0 Å². The maximum atomic E-state index is 6.06. The van der Waals surface area contributed by atoms with Gasteiger partial charge in [0.05, 0.1) is 17.5 Å². The Morgan fingerprint density at radius 1 is 1.14 bits per heavy atom. The molecule has 0 saturated heterocycles. The number of aromatic nitrogens is 1. The molecule has 0 spiro atoms. The predicted octanol–water partition coefficient (Wildman–Crippen LogP) is 5.44. The van der Waals surface area contributed by atoms with Crippen molar-refractivity contribution in [2.45, 2.75) is 18.6 Å². The van der Waals surface area contributed by atoms with Crippen molar-refractivity contribution in [3.8, 4) is 5.75 Å². The quantitative estimate of drug-likeness (QED) is 0.436. The third-order valence-electron chi connectivity index (χ3n) is 5.26. The molecule has 0 amide bonds. The van der Waals surface area contributed by atoms with E-state index in [4.69, 9.17) is 9.15 Å². The first kappa shape index (κ1) is 17.2. The summed E-state index contributed by atoms with van der Waals surface area (Å²) in [5, 5.41) is 4.46. The maximum Gasteiger partial charge on any atom is 0.213 e. The molecule has 140 valence electrons. The first-order valence-corrected chi connectivity index (χ1v) is 10.2. The van der Waals surface area contributed by atoms with Crippen LogP contribution in [0.5, 0.6) is 5.75 Å². The van der Waals surface area contributed by atoms with Crippen LogP contribution in [0.4, 0.5) is 5.69 Å². The zero-order valence-electron chi connectivity index (χ0n) is 16.1. The number of fused-ring (bicyclic) bond motifs is 4. The number of hydrogen-bond donors (Lipinski definition) is 0. The second-order valence-corrected chi connectivity index (χ2v) is 7.80. The molecule has 0 aliphatic carbocycles. The fourth-order valence-electron chi connectivity index (χ4n) is 3.84. The number of pyridine rings is 1. The molecule has 0 fully saturated rings. The van der Waals surface area contributed by atoms with E-state index in [1.165, 1.54) is 16.6 Å². The van der Waals surface area contributed by atoms with Gasteiger partial charge in [-0.15, -0.1) is 0 Å². The lowest BCUT2D eigenvalue weighted by molar-refractivity contribution is -0.669. The van der Waals surface area contributed by atoms with Crippen molar-refractivity contribution in [3.63, 3.8) is 0 Å². The number of benzene rings is 2. The molecule has 1 aliphatic heterocycles. The number of ether oxygens (including phenoxy) is 1. The van der Waals surface area contributed by atoms with Crippen LogP contribution < -0.4 is 14.2 Å². The van der Waals surface area contributed by atoms with Crippen molar-refractivity contribution in [2.75, 3.05) is 19.1 Å². The number of methoxy groups -OCH3 is 1. The summed E-state index contributed by atoms with van der Waals surface area (Å²) in [5.41, 5.74) is 4.46. The van der Waals surface area contributed by atoms with E-state index in [2.05, 4.69) is 65.9 Å². The number of anilines is 1. The van der Waals surface area contributed by atoms with Gasteiger partial charge in [-0.1, -0.05) is 12.1 Å². The highest BCUT2D eigenvalue weighted by Gasteiger charge is 2.29. The van der Waals surface area contributed by atoms with Gasteiger partial charge < -0.3 is 14.1 Å². The Kier molecular flexibility index (Phi) is 4.05. The van der Waals surface area contributed by atoms with Crippen LogP contribution in [0.15, 0.2) is 69.1 Å². The fraction of sp³-hybridized carbons (Fsp3) is 0.174. The minimum Gasteiger partial charge on any atom is -0.497 e. The SMILES string of the molecule is CC[n+]1c(C=C2Sc3oc4ccccc4c3N2C)ccc2cc(OC)ccc21. The van der Waals surface area contributed by atoms with E-state index in [1.54, 1.807) is 18.9 Å². The topological polar surface area (TPSA) is 29.5 Å². The van der Waals surface area contributed by atoms with Gasteiger partial charge in [0, 0.05) is 30.6 Å². The van der Waals surface area contributed by atoms with Crippen molar-refractivity contribution < 1.29 is 13.7 Å². The van der Waals surface area contributed by atoms with Gasteiger partial charge in [0.2, 0.25) is 11.2 Å². The van der Waals surface area contributed by atoms with Crippen molar-refractivity contribution in [3.05, 3.63) is 65.3 Å². The summed E-state index contributed by atoms with van der Waals surface area (Å²) in [6.45, 7) is 3.07. The summed E-state index contributed by atoms with van der Waals surface area (Å²) < 4.78 is 13.8. The Balaban J connectivity index is 1.60. The summed E-state index contributed by atoms with van der Waals surface area (Å²) in [6, 6.07) is 18.8. The Morgan fingerprint density at radius 2 is 2.00 bits per heavy atom. The Bertz CT molecular complexity index is 1240. The summed E-state index contributed by atoms with van der Waals surface area (Å²) in [7, 11) is 3.81. The van der Waals surface area contributed by atoms with E-state index in [0.29, 0.717) is 0 Å². The smallest absolute Gasteiger partial charge is 0.213 e. The molecular weight excluding hydrogens is 368 g/mol. The first-order valence-electron chi connectivity index (χ1n) is 9.35. The highest BCUT2D eigenvalue weighted by molar-refractivity contribution is 8.03. The normalized spacial score (nSPS) is 15.0. The highest BCUT2D eigenvalue weighted by Crippen LogP contribution is 2.50. The molecule has 1 aliphatic rings. The number of rotatable bonds is 3. The van der Waals surface area contributed by atoms with Gasteiger partial charge in [-0.3, -0.25) is 0 Å². The van der Waals surface area contributed by atoms with Crippen LogP contribution in [0.1, 0.15) is 12.6 Å². The monoisotopic (exact) mass is 389 g/mol.